The third kappa shape index (κ3) is 3.74. The summed E-state index contributed by atoms with van der Waals surface area (Å²) in [5.41, 5.74) is 10.00. The summed E-state index contributed by atoms with van der Waals surface area (Å²) in [7, 11) is 2.03. The normalized spacial score (nSPS) is 13.8. The van der Waals surface area contributed by atoms with E-state index in [2.05, 4.69) is 14.5 Å². The third-order valence-corrected chi connectivity index (χ3v) is 5.77. The van der Waals surface area contributed by atoms with E-state index >= 15 is 0 Å². The Morgan fingerprint density at radius 2 is 1.94 bits per heavy atom. The Balaban J connectivity index is 1.49. The quantitative estimate of drug-likeness (QED) is 0.504. The number of aryl methyl sites for hydroxylation is 1. The fraction of sp³-hybridized carbons (Fsp3) is 0.250. The number of anilines is 2. The first-order valence-corrected chi connectivity index (χ1v) is 10.5. The van der Waals surface area contributed by atoms with Crippen LogP contribution in [-0.4, -0.2) is 38.4 Å². The minimum atomic E-state index is 0.00170. The molecule has 5 rings (SSSR count). The van der Waals surface area contributed by atoms with Gasteiger partial charge in [-0.1, -0.05) is 18.2 Å². The maximum Gasteiger partial charge on any atom is 0.168 e. The van der Waals surface area contributed by atoms with Gasteiger partial charge in [-0.15, -0.1) is 0 Å². The fourth-order valence-electron chi connectivity index (χ4n) is 4.13. The first kappa shape index (κ1) is 19.2. The van der Waals surface area contributed by atoms with Gasteiger partial charge in [0, 0.05) is 50.1 Å². The van der Waals surface area contributed by atoms with E-state index in [0.717, 1.165) is 41.1 Å². The second-order valence-electron chi connectivity index (χ2n) is 8.00. The molecule has 0 amide bonds. The predicted octanol–water partition coefficient (Wildman–Crippen LogP) is 3.64. The maximum atomic E-state index is 12.7. The lowest BCUT2D eigenvalue weighted by Crippen LogP contribution is -2.20. The number of nitrogens with zero attached hydrogens (tertiary/aromatic N) is 5. The molecule has 0 saturated carbocycles. The van der Waals surface area contributed by atoms with Crippen molar-refractivity contribution in [2.75, 3.05) is 23.7 Å². The Hall–Kier alpha value is -3.74. The topological polar surface area (TPSA) is 89.9 Å². The van der Waals surface area contributed by atoms with Crippen molar-refractivity contribution in [2.45, 2.75) is 19.3 Å². The van der Waals surface area contributed by atoms with Crippen LogP contribution >= 0.6 is 0 Å². The number of ketones is 1. The molecule has 2 N–H and O–H groups in total. The SMILES string of the molecule is Cn1ccc2nc(-c3cccc(CC(=O)c4ccc(N)nc4)c3)nc(N3CCCC3)c21. The second kappa shape index (κ2) is 7.83. The molecule has 4 aromatic rings. The molecule has 3 aromatic heterocycles. The minimum Gasteiger partial charge on any atom is -0.384 e. The van der Waals surface area contributed by atoms with Crippen molar-refractivity contribution in [3.05, 3.63) is 66.0 Å². The number of nitrogens with two attached hydrogens (primary N) is 1. The Morgan fingerprint density at radius 1 is 1.10 bits per heavy atom. The molecule has 1 aliphatic rings. The summed E-state index contributed by atoms with van der Waals surface area (Å²) in [6.45, 7) is 2.03. The van der Waals surface area contributed by atoms with Gasteiger partial charge in [0.15, 0.2) is 17.4 Å². The lowest BCUT2D eigenvalue weighted by atomic mass is 10.0. The summed E-state index contributed by atoms with van der Waals surface area (Å²) in [6, 6.07) is 13.3. The van der Waals surface area contributed by atoms with E-state index in [1.54, 1.807) is 12.1 Å². The van der Waals surface area contributed by atoms with Crippen LogP contribution in [0.25, 0.3) is 22.4 Å². The van der Waals surface area contributed by atoms with E-state index in [1.807, 2.05) is 43.6 Å². The Labute approximate surface area is 180 Å². The van der Waals surface area contributed by atoms with Gasteiger partial charge < -0.3 is 15.2 Å². The van der Waals surface area contributed by atoms with Gasteiger partial charge in [-0.25, -0.2) is 15.0 Å². The molecule has 0 aliphatic carbocycles. The molecule has 1 aromatic carbocycles. The number of aromatic nitrogens is 4. The molecule has 156 valence electrons. The van der Waals surface area contributed by atoms with Crippen molar-refractivity contribution in [1.29, 1.82) is 0 Å². The molecule has 31 heavy (non-hydrogen) atoms. The number of carbonyl (C=O) groups is 1. The van der Waals surface area contributed by atoms with Crippen LogP contribution < -0.4 is 10.6 Å². The van der Waals surface area contributed by atoms with Crippen LogP contribution in [0.15, 0.2) is 54.9 Å². The number of carbonyl (C=O) groups excluding carboxylic acids is 1. The Morgan fingerprint density at radius 3 is 2.71 bits per heavy atom. The molecular formula is C24H24N6O. The van der Waals surface area contributed by atoms with Crippen LogP contribution in [0.5, 0.6) is 0 Å². The van der Waals surface area contributed by atoms with Gasteiger partial charge in [0.2, 0.25) is 0 Å². The summed E-state index contributed by atoms with van der Waals surface area (Å²) >= 11 is 0. The molecule has 1 fully saturated rings. The zero-order chi connectivity index (χ0) is 21.4. The number of pyridine rings is 1. The van der Waals surface area contributed by atoms with Crippen molar-refractivity contribution in [2.24, 2.45) is 7.05 Å². The van der Waals surface area contributed by atoms with E-state index in [-0.39, 0.29) is 12.2 Å². The van der Waals surface area contributed by atoms with Gasteiger partial charge in [-0.2, -0.15) is 0 Å². The van der Waals surface area contributed by atoms with Crippen LogP contribution in [0.1, 0.15) is 28.8 Å². The smallest absolute Gasteiger partial charge is 0.168 e. The summed E-state index contributed by atoms with van der Waals surface area (Å²) in [6.07, 6.45) is 6.20. The van der Waals surface area contributed by atoms with Crippen molar-refractivity contribution >= 4 is 28.5 Å². The van der Waals surface area contributed by atoms with Gasteiger partial charge in [0.1, 0.15) is 11.3 Å². The fourth-order valence-corrected chi connectivity index (χ4v) is 4.13. The molecule has 0 spiro atoms. The summed E-state index contributed by atoms with van der Waals surface area (Å²) in [5, 5.41) is 0. The van der Waals surface area contributed by atoms with Gasteiger partial charge in [-0.3, -0.25) is 4.79 Å². The number of rotatable bonds is 5. The van der Waals surface area contributed by atoms with Crippen LogP contribution in [0.4, 0.5) is 11.6 Å². The third-order valence-electron chi connectivity index (χ3n) is 5.77. The Bertz CT molecular complexity index is 1260. The molecule has 0 bridgehead atoms. The van der Waals surface area contributed by atoms with E-state index in [9.17, 15) is 4.79 Å². The van der Waals surface area contributed by atoms with Gasteiger partial charge in [-0.05, 0) is 42.7 Å². The lowest BCUT2D eigenvalue weighted by Gasteiger charge is -2.19. The van der Waals surface area contributed by atoms with Crippen molar-refractivity contribution in [3.8, 4) is 11.4 Å². The molecule has 1 aliphatic heterocycles. The molecule has 4 heterocycles. The van der Waals surface area contributed by atoms with Gasteiger partial charge >= 0.3 is 0 Å². The highest BCUT2D eigenvalue weighted by atomic mass is 16.1. The number of Topliss-reactive ketones (excluding diaryl/α,β-unsaturated/α-hetero) is 1. The van der Waals surface area contributed by atoms with Crippen LogP contribution in [0.3, 0.4) is 0 Å². The van der Waals surface area contributed by atoms with E-state index in [1.165, 1.54) is 19.0 Å². The molecule has 0 atom stereocenters. The molecule has 0 radical (unpaired) electrons. The maximum absolute atomic E-state index is 12.7. The highest BCUT2D eigenvalue weighted by Crippen LogP contribution is 2.30. The largest absolute Gasteiger partial charge is 0.384 e. The molecule has 7 heteroatoms. The van der Waals surface area contributed by atoms with Crippen molar-refractivity contribution in [1.82, 2.24) is 19.5 Å². The molecule has 0 unspecified atom stereocenters. The summed E-state index contributed by atoms with van der Waals surface area (Å²) in [4.78, 5) is 28.8. The average molecular weight is 412 g/mol. The lowest BCUT2D eigenvalue weighted by molar-refractivity contribution is 0.0992. The second-order valence-corrected chi connectivity index (χ2v) is 8.00. The molecular weight excluding hydrogens is 388 g/mol. The first-order chi connectivity index (χ1) is 15.1. The highest BCUT2D eigenvalue weighted by Gasteiger charge is 2.20. The average Bonchev–Trinajstić information content (AvgIpc) is 3.44. The monoisotopic (exact) mass is 412 g/mol. The van der Waals surface area contributed by atoms with E-state index in [0.29, 0.717) is 17.2 Å². The standard InChI is InChI=1S/C24H24N6O/c1-29-12-9-19-22(29)24(30-10-2-3-11-30)28-23(27-19)17-6-4-5-16(13-17)14-20(31)18-7-8-21(25)26-15-18/h4-9,12-13,15H,2-3,10-11,14H2,1H3,(H2,25,26). The van der Waals surface area contributed by atoms with Gasteiger partial charge in [0.25, 0.3) is 0 Å². The van der Waals surface area contributed by atoms with Gasteiger partial charge in [0.05, 0.1) is 5.52 Å². The summed E-state index contributed by atoms with van der Waals surface area (Å²) < 4.78 is 2.09. The van der Waals surface area contributed by atoms with Crippen LogP contribution in [0, 0.1) is 0 Å². The Kier molecular flexibility index (Phi) is 4.86. The van der Waals surface area contributed by atoms with Crippen LogP contribution in [0.2, 0.25) is 0 Å². The molecule has 7 nitrogen and oxygen atoms in total. The van der Waals surface area contributed by atoms with E-state index in [4.69, 9.17) is 15.7 Å². The highest BCUT2D eigenvalue weighted by molar-refractivity contribution is 5.97. The first-order valence-electron chi connectivity index (χ1n) is 10.5. The number of benzene rings is 1. The molecule has 1 saturated heterocycles. The zero-order valence-corrected chi connectivity index (χ0v) is 17.5. The summed E-state index contributed by atoms with van der Waals surface area (Å²) in [5.74, 6) is 2.08. The van der Waals surface area contributed by atoms with Crippen molar-refractivity contribution in [3.63, 3.8) is 0 Å². The van der Waals surface area contributed by atoms with Crippen molar-refractivity contribution < 1.29 is 4.79 Å². The predicted molar refractivity (Wildman–Crippen MR) is 122 cm³/mol. The number of hydrogen-bond acceptors (Lipinski definition) is 6. The van der Waals surface area contributed by atoms with E-state index < -0.39 is 0 Å². The number of fused-ring (bicyclic) bond motifs is 1. The minimum absolute atomic E-state index is 0.00170. The zero-order valence-electron chi connectivity index (χ0n) is 17.5. The number of hydrogen-bond donors (Lipinski definition) is 1. The number of nitrogen functional groups attached to an aromatic ring is 1. The van der Waals surface area contributed by atoms with Crippen LogP contribution in [-0.2, 0) is 13.5 Å².